The summed E-state index contributed by atoms with van der Waals surface area (Å²) in [6, 6.07) is 12.3. The van der Waals surface area contributed by atoms with E-state index in [-0.39, 0.29) is 0 Å². The van der Waals surface area contributed by atoms with E-state index in [1.165, 1.54) is 56.1 Å². The number of fused-ring (bicyclic) bond motifs is 4. The average Bonchev–Trinajstić information content (AvgIpc) is 3.05. The van der Waals surface area contributed by atoms with Crippen LogP contribution in [0.4, 0.5) is 0 Å². The molecule has 2 heterocycles. The Morgan fingerprint density at radius 1 is 1.00 bits per heavy atom. The van der Waals surface area contributed by atoms with Crippen molar-refractivity contribution in [1.29, 1.82) is 0 Å². The van der Waals surface area contributed by atoms with Gasteiger partial charge in [0.2, 0.25) is 0 Å². The molecule has 0 aromatic heterocycles. The van der Waals surface area contributed by atoms with Crippen molar-refractivity contribution in [3.05, 3.63) is 47.2 Å². The average molecular weight is 345 g/mol. The number of ether oxygens (including phenoxy) is 1. The summed E-state index contributed by atoms with van der Waals surface area (Å²) in [4.78, 5) is 2.85. The highest BCUT2D eigenvalue weighted by molar-refractivity contribution is 5.46. The molecule has 2 saturated carbocycles. The minimum Gasteiger partial charge on any atom is -0.371 e. The Labute approximate surface area is 156 Å². The van der Waals surface area contributed by atoms with Gasteiger partial charge >= 0.3 is 0 Å². The molecule has 1 aromatic carbocycles. The Balaban J connectivity index is 1.42. The van der Waals surface area contributed by atoms with E-state index in [4.69, 9.17) is 4.74 Å². The van der Waals surface area contributed by atoms with Gasteiger partial charge in [0.05, 0.1) is 24.3 Å². The quantitative estimate of drug-likeness (QED) is 0.688. The Hall–Kier alpha value is -1.72. The number of rotatable bonds is 1. The number of allylic oxidation sites excluding steroid dienone is 1. The van der Waals surface area contributed by atoms with Gasteiger partial charge < -0.3 is 9.64 Å². The second kappa shape index (κ2) is 5.89. The van der Waals surface area contributed by atoms with Crippen LogP contribution in [0.5, 0.6) is 0 Å². The minimum absolute atomic E-state index is 0.380. The van der Waals surface area contributed by atoms with Gasteiger partial charge in [0, 0.05) is 23.6 Å². The molecular formula is C24H27NO. The number of hydrogen-bond donors (Lipinski definition) is 0. The van der Waals surface area contributed by atoms with E-state index in [0.717, 1.165) is 6.42 Å². The van der Waals surface area contributed by atoms with Crippen molar-refractivity contribution in [3.63, 3.8) is 0 Å². The molecule has 2 aliphatic heterocycles. The van der Waals surface area contributed by atoms with Crippen LogP contribution in [0, 0.1) is 17.8 Å². The van der Waals surface area contributed by atoms with Crippen molar-refractivity contribution in [1.82, 2.24) is 4.90 Å². The fourth-order valence-electron chi connectivity index (χ4n) is 6.52. The van der Waals surface area contributed by atoms with Crippen molar-refractivity contribution >= 4 is 0 Å². The molecule has 1 aromatic rings. The standard InChI is InChI=1S/C24H27NO/c1-2-8-16(9-3-1)17-14-19-18-10-4-5-11-20(18)25-21-12-6-7-13-22(21)26-23(15-17)24(19)25/h1-3,8-9,17,19,21-24H,5-7,11-15H2. The van der Waals surface area contributed by atoms with Crippen LogP contribution >= 0.6 is 0 Å². The summed E-state index contributed by atoms with van der Waals surface area (Å²) in [5, 5.41) is 0. The maximum absolute atomic E-state index is 6.82. The molecule has 2 nitrogen and oxygen atoms in total. The van der Waals surface area contributed by atoms with Crippen LogP contribution in [0.25, 0.3) is 0 Å². The van der Waals surface area contributed by atoms with Gasteiger partial charge in [-0.15, -0.1) is 0 Å². The molecule has 0 N–H and O–H groups in total. The molecule has 6 unspecified atom stereocenters. The largest absolute Gasteiger partial charge is 0.371 e. The molecule has 3 fully saturated rings. The summed E-state index contributed by atoms with van der Waals surface area (Å²) >= 11 is 0. The first-order valence-electron chi connectivity index (χ1n) is 10.6. The van der Waals surface area contributed by atoms with Gasteiger partial charge in [-0.1, -0.05) is 55.0 Å². The van der Waals surface area contributed by atoms with Gasteiger partial charge in [0.15, 0.2) is 0 Å². The number of nitrogens with zero attached hydrogens (tertiary/aromatic N) is 1. The first kappa shape index (κ1) is 15.3. The van der Waals surface area contributed by atoms with Crippen LogP contribution in [0.2, 0.25) is 0 Å². The van der Waals surface area contributed by atoms with Crippen LogP contribution in [0.15, 0.2) is 41.6 Å². The molecule has 0 spiro atoms. The van der Waals surface area contributed by atoms with E-state index in [0.29, 0.717) is 36.1 Å². The third kappa shape index (κ3) is 2.16. The third-order valence-electron chi connectivity index (χ3n) is 7.52. The maximum Gasteiger partial charge on any atom is 0.0795 e. The predicted molar refractivity (Wildman–Crippen MR) is 102 cm³/mol. The van der Waals surface area contributed by atoms with E-state index in [2.05, 4.69) is 47.1 Å². The predicted octanol–water partition coefficient (Wildman–Crippen LogP) is 4.63. The molecule has 6 atom stereocenters. The Kier molecular flexibility index (Phi) is 3.48. The monoisotopic (exact) mass is 345 g/mol. The molecule has 1 saturated heterocycles. The van der Waals surface area contributed by atoms with Crippen molar-refractivity contribution in [2.45, 2.75) is 81.6 Å². The van der Waals surface area contributed by atoms with Crippen molar-refractivity contribution in [2.75, 3.05) is 0 Å². The van der Waals surface area contributed by atoms with Crippen molar-refractivity contribution in [3.8, 4) is 11.8 Å². The highest BCUT2D eigenvalue weighted by Gasteiger charge is 2.56. The Bertz CT molecular complexity index is 800. The summed E-state index contributed by atoms with van der Waals surface area (Å²) in [6.07, 6.45) is 10.7. The molecular weight excluding hydrogens is 318 g/mol. The zero-order chi connectivity index (χ0) is 17.1. The van der Waals surface area contributed by atoms with Gasteiger partial charge in [0.25, 0.3) is 0 Å². The van der Waals surface area contributed by atoms with Crippen molar-refractivity contribution < 1.29 is 4.74 Å². The topological polar surface area (TPSA) is 12.5 Å². The molecule has 0 bridgehead atoms. The van der Waals surface area contributed by atoms with Gasteiger partial charge in [-0.25, -0.2) is 0 Å². The molecule has 26 heavy (non-hydrogen) atoms. The fraction of sp³-hybridized carbons (Fsp3) is 0.583. The highest BCUT2D eigenvalue weighted by Crippen LogP contribution is 2.54. The molecule has 0 amide bonds. The highest BCUT2D eigenvalue weighted by atomic mass is 16.5. The van der Waals surface area contributed by atoms with Gasteiger partial charge in [-0.3, -0.25) is 0 Å². The van der Waals surface area contributed by atoms with E-state index in [1.54, 1.807) is 5.70 Å². The Morgan fingerprint density at radius 2 is 1.88 bits per heavy atom. The fourth-order valence-corrected chi connectivity index (χ4v) is 6.52. The lowest BCUT2D eigenvalue weighted by Gasteiger charge is -2.55. The second-order valence-electron chi connectivity index (χ2n) is 8.81. The number of hydrogen-bond acceptors (Lipinski definition) is 2. The lowest BCUT2D eigenvalue weighted by Crippen LogP contribution is -2.62. The van der Waals surface area contributed by atoms with E-state index >= 15 is 0 Å². The van der Waals surface area contributed by atoms with Gasteiger partial charge in [-0.05, 0) is 43.6 Å². The number of morpholine rings is 1. The first-order valence-corrected chi connectivity index (χ1v) is 10.6. The van der Waals surface area contributed by atoms with Gasteiger partial charge in [0.1, 0.15) is 0 Å². The minimum atomic E-state index is 0.380. The number of benzene rings is 1. The van der Waals surface area contributed by atoms with E-state index in [9.17, 15) is 0 Å². The summed E-state index contributed by atoms with van der Waals surface area (Å²) in [5.74, 6) is 8.21. The zero-order valence-corrected chi connectivity index (χ0v) is 15.4. The van der Waals surface area contributed by atoms with Crippen molar-refractivity contribution in [2.24, 2.45) is 5.92 Å². The lowest BCUT2D eigenvalue weighted by atomic mass is 9.70. The van der Waals surface area contributed by atoms with E-state index < -0.39 is 0 Å². The van der Waals surface area contributed by atoms with Crippen LogP contribution in [-0.4, -0.2) is 29.2 Å². The summed E-state index contributed by atoms with van der Waals surface area (Å²) in [6.45, 7) is 0. The first-order chi connectivity index (χ1) is 12.9. The molecule has 2 heteroatoms. The van der Waals surface area contributed by atoms with E-state index in [1.807, 2.05) is 0 Å². The summed E-state index contributed by atoms with van der Waals surface area (Å²) < 4.78 is 6.82. The third-order valence-corrected chi connectivity index (χ3v) is 7.52. The van der Waals surface area contributed by atoms with Crippen LogP contribution in [0.3, 0.4) is 0 Å². The van der Waals surface area contributed by atoms with Crippen LogP contribution < -0.4 is 0 Å². The normalized spacial score (nSPS) is 40.2. The maximum atomic E-state index is 6.82. The van der Waals surface area contributed by atoms with Gasteiger partial charge in [-0.2, -0.15) is 0 Å². The summed E-state index contributed by atoms with van der Waals surface area (Å²) in [7, 11) is 0. The molecule has 3 aliphatic carbocycles. The molecule has 134 valence electrons. The molecule has 0 radical (unpaired) electrons. The SMILES string of the molecule is C1#CC2=C(CC1)N1C3CCCCC3OC3CC(c4ccccc4)CC2C31. The van der Waals surface area contributed by atoms with Crippen LogP contribution in [-0.2, 0) is 4.74 Å². The zero-order valence-electron chi connectivity index (χ0n) is 15.4. The second-order valence-corrected chi connectivity index (χ2v) is 8.81. The molecule has 5 aliphatic rings. The lowest BCUT2D eigenvalue weighted by molar-refractivity contribution is -0.169. The van der Waals surface area contributed by atoms with Crippen LogP contribution in [0.1, 0.15) is 62.8 Å². The Morgan fingerprint density at radius 3 is 2.81 bits per heavy atom. The molecule has 6 rings (SSSR count). The summed E-state index contributed by atoms with van der Waals surface area (Å²) in [5.41, 5.74) is 4.59. The smallest absolute Gasteiger partial charge is 0.0795 e.